The topological polar surface area (TPSA) is 52.6 Å². The van der Waals surface area contributed by atoms with Gasteiger partial charge in [-0.15, -0.1) is 0 Å². The lowest BCUT2D eigenvalue weighted by Gasteiger charge is -2.04. The van der Waals surface area contributed by atoms with Crippen molar-refractivity contribution in [3.63, 3.8) is 0 Å². The Bertz CT molecular complexity index is 721. The monoisotopic (exact) mass is 216 g/mol. The minimum Gasteiger partial charge on any atom is -0.495 e. The number of methoxy groups -OCH3 is 1. The van der Waals surface area contributed by atoms with Gasteiger partial charge in [0.25, 0.3) is 0 Å². The Morgan fingerprint density at radius 3 is 2.69 bits per heavy atom. The molecule has 0 unspecified atom stereocenters. The lowest BCUT2D eigenvalue weighted by Crippen LogP contribution is -2.00. The van der Waals surface area contributed by atoms with E-state index in [1.165, 1.54) is 19.4 Å². The minimum absolute atomic E-state index is 0.124. The number of fused-ring (bicyclic) bond motifs is 2. The SMILES string of the molecule is COc1c2ccoc2cc2occc(=O)c12. The molecule has 4 heteroatoms. The van der Waals surface area contributed by atoms with Crippen LogP contribution in [0, 0.1) is 0 Å². The fourth-order valence-electron chi connectivity index (χ4n) is 1.85. The molecule has 0 amide bonds. The van der Waals surface area contributed by atoms with Crippen LogP contribution in [0.25, 0.3) is 21.9 Å². The molecular formula is C12H8O4. The number of rotatable bonds is 1. The van der Waals surface area contributed by atoms with E-state index < -0.39 is 0 Å². The molecule has 0 saturated carbocycles. The van der Waals surface area contributed by atoms with Crippen molar-refractivity contribution in [2.45, 2.75) is 0 Å². The molecule has 1 aromatic carbocycles. The molecule has 4 nitrogen and oxygen atoms in total. The van der Waals surface area contributed by atoms with Crippen LogP contribution in [0.1, 0.15) is 0 Å². The van der Waals surface area contributed by atoms with Gasteiger partial charge in [-0.2, -0.15) is 0 Å². The van der Waals surface area contributed by atoms with E-state index in [9.17, 15) is 4.79 Å². The first-order valence-electron chi connectivity index (χ1n) is 4.77. The van der Waals surface area contributed by atoms with E-state index in [1.54, 1.807) is 18.4 Å². The summed E-state index contributed by atoms with van der Waals surface area (Å²) < 4.78 is 15.8. The molecule has 0 spiro atoms. The first-order chi connectivity index (χ1) is 7.81. The molecule has 0 atom stereocenters. The summed E-state index contributed by atoms with van der Waals surface area (Å²) in [6.45, 7) is 0. The summed E-state index contributed by atoms with van der Waals surface area (Å²) in [5.41, 5.74) is 0.978. The Hall–Kier alpha value is -2.23. The van der Waals surface area contributed by atoms with E-state index in [1.807, 2.05) is 0 Å². The third kappa shape index (κ3) is 1.07. The van der Waals surface area contributed by atoms with Crippen molar-refractivity contribution in [2.24, 2.45) is 0 Å². The molecule has 0 aliphatic heterocycles. The van der Waals surface area contributed by atoms with Crippen molar-refractivity contribution in [3.8, 4) is 5.75 Å². The molecule has 0 fully saturated rings. The van der Waals surface area contributed by atoms with Crippen LogP contribution in [0.5, 0.6) is 5.75 Å². The van der Waals surface area contributed by atoms with Crippen molar-refractivity contribution >= 4 is 21.9 Å². The van der Waals surface area contributed by atoms with Crippen LogP contribution in [0.3, 0.4) is 0 Å². The predicted octanol–water partition coefficient (Wildman–Crippen LogP) is 2.55. The zero-order valence-electron chi connectivity index (χ0n) is 8.52. The van der Waals surface area contributed by atoms with E-state index in [2.05, 4.69) is 0 Å². The highest BCUT2D eigenvalue weighted by Crippen LogP contribution is 2.33. The van der Waals surface area contributed by atoms with Crippen LogP contribution in [-0.2, 0) is 0 Å². The van der Waals surface area contributed by atoms with Crippen LogP contribution < -0.4 is 10.2 Å². The molecule has 3 rings (SSSR count). The summed E-state index contributed by atoms with van der Waals surface area (Å²) in [4.78, 5) is 11.8. The summed E-state index contributed by atoms with van der Waals surface area (Å²) >= 11 is 0. The van der Waals surface area contributed by atoms with Gasteiger partial charge in [0, 0.05) is 12.1 Å². The Labute approximate surface area is 90.0 Å². The minimum atomic E-state index is -0.124. The van der Waals surface area contributed by atoms with Crippen molar-refractivity contribution in [2.75, 3.05) is 7.11 Å². The molecule has 0 N–H and O–H groups in total. The van der Waals surface area contributed by atoms with Gasteiger partial charge in [-0.05, 0) is 6.07 Å². The molecular weight excluding hydrogens is 208 g/mol. The lowest BCUT2D eigenvalue weighted by molar-refractivity contribution is 0.423. The Morgan fingerprint density at radius 1 is 1.12 bits per heavy atom. The number of ether oxygens (including phenoxy) is 1. The molecule has 2 aromatic heterocycles. The third-order valence-electron chi connectivity index (χ3n) is 2.54. The van der Waals surface area contributed by atoms with Gasteiger partial charge in [-0.1, -0.05) is 0 Å². The predicted molar refractivity (Wildman–Crippen MR) is 58.8 cm³/mol. The van der Waals surface area contributed by atoms with Crippen molar-refractivity contribution < 1.29 is 13.6 Å². The summed E-state index contributed by atoms with van der Waals surface area (Å²) in [5, 5.41) is 1.22. The van der Waals surface area contributed by atoms with Crippen LogP contribution in [-0.4, -0.2) is 7.11 Å². The van der Waals surface area contributed by atoms with E-state index in [-0.39, 0.29) is 5.43 Å². The molecule has 3 aromatic rings. The van der Waals surface area contributed by atoms with E-state index >= 15 is 0 Å². The third-order valence-corrected chi connectivity index (χ3v) is 2.54. The maximum Gasteiger partial charge on any atom is 0.196 e. The van der Waals surface area contributed by atoms with Crippen LogP contribution >= 0.6 is 0 Å². The van der Waals surface area contributed by atoms with Gasteiger partial charge >= 0.3 is 0 Å². The second-order valence-electron chi connectivity index (χ2n) is 3.40. The fraction of sp³-hybridized carbons (Fsp3) is 0.0833. The molecule has 0 aliphatic rings. The highest BCUT2D eigenvalue weighted by molar-refractivity contribution is 6.00. The number of benzene rings is 1. The molecule has 80 valence electrons. The fourth-order valence-corrected chi connectivity index (χ4v) is 1.85. The van der Waals surface area contributed by atoms with Gasteiger partial charge in [-0.3, -0.25) is 4.79 Å². The highest BCUT2D eigenvalue weighted by atomic mass is 16.5. The zero-order valence-corrected chi connectivity index (χ0v) is 8.52. The smallest absolute Gasteiger partial charge is 0.196 e. The maximum atomic E-state index is 11.8. The summed E-state index contributed by atoms with van der Waals surface area (Å²) in [5.74, 6) is 0.496. The van der Waals surface area contributed by atoms with Crippen LogP contribution in [0.15, 0.2) is 44.4 Å². The van der Waals surface area contributed by atoms with E-state index in [0.29, 0.717) is 22.3 Å². The average Bonchev–Trinajstić information content (AvgIpc) is 2.74. The van der Waals surface area contributed by atoms with Crippen molar-refractivity contribution in [3.05, 3.63) is 40.9 Å². The molecule has 16 heavy (non-hydrogen) atoms. The second-order valence-corrected chi connectivity index (χ2v) is 3.40. The largest absolute Gasteiger partial charge is 0.495 e. The van der Waals surface area contributed by atoms with Gasteiger partial charge < -0.3 is 13.6 Å². The number of furan rings is 1. The van der Waals surface area contributed by atoms with Gasteiger partial charge in [-0.25, -0.2) is 0 Å². The van der Waals surface area contributed by atoms with Gasteiger partial charge in [0.2, 0.25) is 0 Å². The first kappa shape index (κ1) is 9.03. The maximum absolute atomic E-state index is 11.8. The number of hydrogen-bond acceptors (Lipinski definition) is 4. The van der Waals surface area contributed by atoms with Crippen LogP contribution in [0.2, 0.25) is 0 Å². The molecule has 0 bridgehead atoms. The number of hydrogen-bond donors (Lipinski definition) is 0. The first-order valence-corrected chi connectivity index (χ1v) is 4.77. The van der Waals surface area contributed by atoms with Gasteiger partial charge in [0.05, 0.1) is 25.0 Å². The summed E-state index contributed by atoms with van der Waals surface area (Å²) in [6, 6.07) is 4.82. The zero-order chi connectivity index (χ0) is 11.1. The highest BCUT2D eigenvalue weighted by Gasteiger charge is 2.13. The van der Waals surface area contributed by atoms with Crippen molar-refractivity contribution in [1.82, 2.24) is 0 Å². The average molecular weight is 216 g/mol. The summed E-state index contributed by atoms with van der Waals surface area (Å²) in [6.07, 6.45) is 2.91. The van der Waals surface area contributed by atoms with Gasteiger partial charge in [0.1, 0.15) is 22.3 Å². The normalized spacial score (nSPS) is 11.1. The molecule has 0 aliphatic carbocycles. The van der Waals surface area contributed by atoms with Crippen molar-refractivity contribution in [1.29, 1.82) is 0 Å². The standard InChI is InChI=1S/C12H8O4/c1-14-12-7-2-4-15-9(7)6-10-11(12)8(13)3-5-16-10/h2-6H,1H3. The summed E-state index contributed by atoms with van der Waals surface area (Å²) in [7, 11) is 1.52. The molecule has 0 saturated heterocycles. The second kappa shape index (κ2) is 3.13. The quantitative estimate of drug-likeness (QED) is 0.627. The Morgan fingerprint density at radius 2 is 1.88 bits per heavy atom. The molecule has 0 radical (unpaired) electrons. The lowest BCUT2D eigenvalue weighted by atomic mass is 10.1. The van der Waals surface area contributed by atoms with Crippen LogP contribution in [0.4, 0.5) is 0 Å². The Balaban J connectivity index is 2.66. The van der Waals surface area contributed by atoms with E-state index in [4.69, 9.17) is 13.6 Å². The van der Waals surface area contributed by atoms with E-state index in [0.717, 1.165) is 5.39 Å². The Kier molecular flexibility index (Phi) is 1.77. The molecule has 2 heterocycles. The van der Waals surface area contributed by atoms with Gasteiger partial charge in [0.15, 0.2) is 5.43 Å².